The minimum atomic E-state index is 0.247. The van der Waals surface area contributed by atoms with Crippen molar-refractivity contribution in [3.05, 3.63) is 30.1 Å². The van der Waals surface area contributed by atoms with Crippen LogP contribution in [0.1, 0.15) is 31.2 Å². The maximum Gasteiger partial charge on any atom is 0.222 e. The number of pyridine rings is 1. The molecular weight excluding hydrogens is 290 g/mol. The zero-order valence-corrected chi connectivity index (χ0v) is 14.4. The van der Waals surface area contributed by atoms with E-state index in [0.29, 0.717) is 19.1 Å². The average Bonchev–Trinajstić information content (AvgIpc) is 2.61. The Bertz CT molecular complexity index is 459. The van der Waals surface area contributed by atoms with Gasteiger partial charge in [-0.2, -0.15) is 0 Å². The maximum absolute atomic E-state index is 12.2. The summed E-state index contributed by atoms with van der Waals surface area (Å²) < 4.78 is 5.01. The van der Waals surface area contributed by atoms with Gasteiger partial charge in [0, 0.05) is 65.3 Å². The summed E-state index contributed by atoms with van der Waals surface area (Å²) in [5, 5.41) is 0. The average molecular weight is 319 g/mol. The molecule has 0 atom stereocenters. The predicted molar refractivity (Wildman–Crippen MR) is 91.3 cm³/mol. The molecule has 23 heavy (non-hydrogen) atoms. The van der Waals surface area contributed by atoms with Crippen LogP contribution in [0, 0.1) is 0 Å². The molecule has 5 nitrogen and oxygen atoms in total. The number of rotatable bonds is 8. The maximum atomic E-state index is 12.2. The van der Waals surface area contributed by atoms with Crippen LogP contribution in [0.4, 0.5) is 0 Å². The van der Waals surface area contributed by atoms with Gasteiger partial charge in [0.2, 0.25) is 5.91 Å². The number of piperidine rings is 1. The van der Waals surface area contributed by atoms with E-state index in [9.17, 15) is 4.79 Å². The summed E-state index contributed by atoms with van der Waals surface area (Å²) in [6.45, 7) is 3.89. The van der Waals surface area contributed by atoms with Crippen molar-refractivity contribution in [1.82, 2.24) is 14.8 Å². The number of ether oxygens (including phenoxy) is 1. The standard InChI is InChI=1S/C18H29N3O2/c1-20(18(22)4-3-15-23-2)17-8-13-21(14-9-17)12-7-16-5-10-19-11-6-16/h5-6,10-11,17H,3-4,7-9,12-15H2,1-2H3. The molecule has 1 amide bonds. The van der Waals surface area contributed by atoms with Crippen molar-refractivity contribution in [3.8, 4) is 0 Å². The molecule has 0 N–H and O–H groups in total. The lowest BCUT2D eigenvalue weighted by Crippen LogP contribution is -2.46. The number of carbonyl (C=O) groups excluding carboxylic acids is 1. The molecule has 1 aliphatic rings. The summed E-state index contributed by atoms with van der Waals surface area (Å²) >= 11 is 0. The molecule has 5 heteroatoms. The molecule has 0 radical (unpaired) electrons. The van der Waals surface area contributed by atoms with Gasteiger partial charge in [-0.3, -0.25) is 9.78 Å². The highest BCUT2D eigenvalue weighted by atomic mass is 16.5. The quantitative estimate of drug-likeness (QED) is 0.687. The highest BCUT2D eigenvalue weighted by Gasteiger charge is 2.24. The van der Waals surface area contributed by atoms with E-state index in [0.717, 1.165) is 45.3 Å². The third-order valence-electron chi connectivity index (χ3n) is 4.70. The van der Waals surface area contributed by atoms with Crippen LogP contribution in [0.25, 0.3) is 0 Å². The monoisotopic (exact) mass is 319 g/mol. The molecule has 2 rings (SSSR count). The molecule has 1 fully saturated rings. The lowest BCUT2D eigenvalue weighted by atomic mass is 10.0. The molecule has 0 aliphatic carbocycles. The fraction of sp³-hybridized carbons (Fsp3) is 0.667. The van der Waals surface area contributed by atoms with Gasteiger partial charge in [-0.15, -0.1) is 0 Å². The highest BCUT2D eigenvalue weighted by Crippen LogP contribution is 2.17. The van der Waals surface area contributed by atoms with Gasteiger partial charge in [-0.1, -0.05) is 0 Å². The minimum Gasteiger partial charge on any atom is -0.385 e. The van der Waals surface area contributed by atoms with Gasteiger partial charge in [0.05, 0.1) is 0 Å². The molecule has 2 heterocycles. The van der Waals surface area contributed by atoms with Crippen molar-refractivity contribution in [2.45, 2.75) is 38.1 Å². The third-order valence-corrected chi connectivity index (χ3v) is 4.70. The van der Waals surface area contributed by atoms with Crippen molar-refractivity contribution >= 4 is 5.91 Å². The number of amides is 1. The predicted octanol–water partition coefficient (Wildman–Crippen LogP) is 1.97. The second-order valence-electron chi connectivity index (χ2n) is 6.28. The summed E-state index contributed by atoms with van der Waals surface area (Å²) in [5.41, 5.74) is 1.34. The molecule has 0 aromatic carbocycles. The van der Waals surface area contributed by atoms with E-state index in [2.05, 4.69) is 22.0 Å². The molecule has 0 spiro atoms. The summed E-state index contributed by atoms with van der Waals surface area (Å²) in [6.07, 6.45) is 8.32. The van der Waals surface area contributed by atoms with Crippen molar-refractivity contribution in [2.75, 3.05) is 40.4 Å². The van der Waals surface area contributed by atoms with E-state index in [1.807, 2.05) is 24.3 Å². The van der Waals surface area contributed by atoms with Crippen LogP contribution < -0.4 is 0 Å². The number of methoxy groups -OCH3 is 1. The van der Waals surface area contributed by atoms with Crippen LogP contribution in [0.15, 0.2) is 24.5 Å². The number of carbonyl (C=O) groups is 1. The van der Waals surface area contributed by atoms with E-state index < -0.39 is 0 Å². The zero-order chi connectivity index (χ0) is 16.5. The van der Waals surface area contributed by atoms with Crippen molar-refractivity contribution in [3.63, 3.8) is 0 Å². The number of likely N-dealkylation sites (tertiary alicyclic amines) is 1. The van der Waals surface area contributed by atoms with Crippen molar-refractivity contribution in [1.29, 1.82) is 0 Å². The Kier molecular flexibility index (Phi) is 7.49. The van der Waals surface area contributed by atoms with E-state index in [1.165, 1.54) is 5.56 Å². The fourth-order valence-electron chi connectivity index (χ4n) is 3.11. The van der Waals surface area contributed by atoms with Crippen LogP contribution in [0.3, 0.4) is 0 Å². The van der Waals surface area contributed by atoms with Crippen LogP contribution in [-0.2, 0) is 16.0 Å². The van der Waals surface area contributed by atoms with Gasteiger partial charge in [0.15, 0.2) is 0 Å². The van der Waals surface area contributed by atoms with Crippen LogP contribution in [-0.4, -0.2) is 67.1 Å². The normalized spacial score (nSPS) is 16.4. The molecule has 1 saturated heterocycles. The number of aromatic nitrogens is 1. The molecule has 0 bridgehead atoms. The Balaban J connectivity index is 1.67. The third kappa shape index (κ3) is 5.92. The second-order valence-corrected chi connectivity index (χ2v) is 6.28. The lowest BCUT2D eigenvalue weighted by molar-refractivity contribution is -0.133. The van der Waals surface area contributed by atoms with Gasteiger partial charge < -0.3 is 14.5 Å². The first-order valence-corrected chi connectivity index (χ1v) is 8.56. The van der Waals surface area contributed by atoms with Crippen molar-refractivity contribution < 1.29 is 9.53 Å². The molecule has 0 saturated carbocycles. The largest absolute Gasteiger partial charge is 0.385 e. The summed E-state index contributed by atoms with van der Waals surface area (Å²) in [6, 6.07) is 4.56. The summed E-state index contributed by atoms with van der Waals surface area (Å²) in [5.74, 6) is 0.247. The Labute approximate surface area is 139 Å². The number of hydrogen-bond acceptors (Lipinski definition) is 4. The van der Waals surface area contributed by atoms with Crippen molar-refractivity contribution in [2.24, 2.45) is 0 Å². The van der Waals surface area contributed by atoms with Gasteiger partial charge in [0.25, 0.3) is 0 Å². The Morgan fingerprint density at radius 3 is 2.70 bits per heavy atom. The first kappa shape index (κ1) is 17.9. The van der Waals surface area contributed by atoms with E-state index in [-0.39, 0.29) is 5.91 Å². The van der Waals surface area contributed by atoms with Crippen LogP contribution >= 0.6 is 0 Å². The molecule has 128 valence electrons. The van der Waals surface area contributed by atoms with E-state index >= 15 is 0 Å². The van der Waals surface area contributed by atoms with Crippen LogP contribution in [0.5, 0.6) is 0 Å². The summed E-state index contributed by atoms with van der Waals surface area (Å²) in [7, 11) is 3.63. The van der Waals surface area contributed by atoms with Gasteiger partial charge in [0.1, 0.15) is 0 Å². The molecule has 1 aromatic heterocycles. The van der Waals surface area contributed by atoms with E-state index in [4.69, 9.17) is 4.74 Å². The Morgan fingerprint density at radius 2 is 2.04 bits per heavy atom. The number of nitrogens with zero attached hydrogens (tertiary/aromatic N) is 3. The van der Waals surface area contributed by atoms with Gasteiger partial charge >= 0.3 is 0 Å². The molecular formula is C18H29N3O2. The first-order valence-electron chi connectivity index (χ1n) is 8.56. The molecule has 0 unspecified atom stereocenters. The van der Waals surface area contributed by atoms with E-state index in [1.54, 1.807) is 7.11 Å². The zero-order valence-electron chi connectivity index (χ0n) is 14.4. The second kappa shape index (κ2) is 9.63. The Morgan fingerprint density at radius 1 is 1.35 bits per heavy atom. The smallest absolute Gasteiger partial charge is 0.222 e. The van der Waals surface area contributed by atoms with Crippen LogP contribution in [0.2, 0.25) is 0 Å². The minimum absolute atomic E-state index is 0.247. The number of hydrogen-bond donors (Lipinski definition) is 0. The summed E-state index contributed by atoms with van der Waals surface area (Å²) in [4.78, 5) is 20.7. The molecule has 1 aromatic rings. The Hall–Kier alpha value is -1.46. The fourth-order valence-corrected chi connectivity index (χ4v) is 3.11. The lowest BCUT2D eigenvalue weighted by Gasteiger charge is -2.36. The van der Waals surface area contributed by atoms with Gasteiger partial charge in [-0.25, -0.2) is 0 Å². The van der Waals surface area contributed by atoms with Gasteiger partial charge in [-0.05, 0) is 43.4 Å². The SMILES string of the molecule is COCCCC(=O)N(C)C1CCN(CCc2ccncc2)CC1. The highest BCUT2D eigenvalue weighted by molar-refractivity contribution is 5.76. The molecule has 1 aliphatic heterocycles. The first-order chi connectivity index (χ1) is 11.2. The topological polar surface area (TPSA) is 45.7 Å².